The Hall–Kier alpha value is -1.22. The van der Waals surface area contributed by atoms with Gasteiger partial charge in [-0.3, -0.25) is 0 Å². The number of hydrogen-bond donors (Lipinski definition) is 1. The molecule has 1 aromatic rings. The number of benzene rings is 1. The van der Waals surface area contributed by atoms with Gasteiger partial charge in [0.1, 0.15) is 5.75 Å². The van der Waals surface area contributed by atoms with Crippen molar-refractivity contribution in [2.24, 2.45) is 5.92 Å². The molecule has 0 heterocycles. The van der Waals surface area contributed by atoms with Gasteiger partial charge in [-0.15, -0.1) is 0 Å². The van der Waals surface area contributed by atoms with E-state index in [1.165, 1.54) is 0 Å². The van der Waals surface area contributed by atoms with E-state index >= 15 is 0 Å². The third-order valence-corrected chi connectivity index (χ3v) is 2.75. The fourth-order valence-corrected chi connectivity index (χ4v) is 1.32. The molecule has 90 valence electrons. The Bertz CT molecular complexity index is 337. The summed E-state index contributed by atoms with van der Waals surface area (Å²) in [6.07, 6.45) is 0.228. The topological polar surface area (TPSA) is 44.5 Å². The van der Waals surface area contributed by atoms with Crippen LogP contribution in [0.15, 0.2) is 18.2 Å². The summed E-state index contributed by atoms with van der Waals surface area (Å²) in [7, 11) is 1.65. The molecule has 3 nitrogen and oxygen atoms in total. The number of nitrogens with two attached hydrogens (primary N) is 1. The predicted molar refractivity (Wildman–Crippen MR) is 66.5 cm³/mol. The summed E-state index contributed by atoms with van der Waals surface area (Å²) in [6, 6.07) is 5.59. The Morgan fingerprint density at radius 1 is 1.25 bits per heavy atom. The lowest BCUT2D eigenvalue weighted by atomic mass is 10.1. The summed E-state index contributed by atoms with van der Waals surface area (Å²) in [5.41, 5.74) is 7.47. The van der Waals surface area contributed by atoms with Crippen LogP contribution in [0.5, 0.6) is 5.75 Å². The number of anilines is 1. The zero-order valence-corrected chi connectivity index (χ0v) is 10.5. The summed E-state index contributed by atoms with van der Waals surface area (Å²) in [5.74, 6) is 1.33. The summed E-state index contributed by atoms with van der Waals surface area (Å²) < 4.78 is 11.0. The minimum atomic E-state index is 0.228. The Labute approximate surface area is 97.6 Å². The maximum atomic E-state index is 5.75. The smallest absolute Gasteiger partial charge is 0.124 e. The number of hydrogen-bond acceptors (Lipinski definition) is 3. The quantitative estimate of drug-likeness (QED) is 0.781. The zero-order valence-electron chi connectivity index (χ0n) is 10.5. The van der Waals surface area contributed by atoms with Gasteiger partial charge in [-0.1, -0.05) is 13.8 Å². The molecule has 3 heteroatoms. The number of nitrogen functional groups attached to an aromatic ring is 1. The van der Waals surface area contributed by atoms with Gasteiger partial charge in [0.05, 0.1) is 19.8 Å². The Morgan fingerprint density at radius 2 is 1.94 bits per heavy atom. The lowest BCUT2D eigenvalue weighted by molar-refractivity contribution is 0.0226. The molecule has 0 bridgehead atoms. The molecule has 0 amide bonds. The average Bonchev–Trinajstić information content (AvgIpc) is 2.25. The molecular formula is C13H21NO2. The Balaban J connectivity index is 2.68. The predicted octanol–water partition coefficient (Wildman–Crippen LogP) is 2.84. The first-order chi connectivity index (χ1) is 7.54. The van der Waals surface area contributed by atoms with E-state index in [2.05, 4.69) is 20.8 Å². The second-order valence-electron chi connectivity index (χ2n) is 4.33. The fourth-order valence-electron chi connectivity index (χ4n) is 1.32. The molecule has 1 aromatic carbocycles. The maximum absolute atomic E-state index is 5.75. The van der Waals surface area contributed by atoms with E-state index in [1.54, 1.807) is 7.11 Å². The molecule has 16 heavy (non-hydrogen) atoms. The van der Waals surface area contributed by atoms with E-state index in [1.807, 2.05) is 18.2 Å². The highest BCUT2D eigenvalue weighted by Gasteiger charge is 2.09. The summed E-state index contributed by atoms with van der Waals surface area (Å²) in [4.78, 5) is 0. The van der Waals surface area contributed by atoms with E-state index in [9.17, 15) is 0 Å². The Morgan fingerprint density at radius 3 is 2.50 bits per heavy atom. The SMILES string of the molecule is COc1ccc(N)cc1COC(C)C(C)C. The second-order valence-corrected chi connectivity index (χ2v) is 4.33. The highest BCUT2D eigenvalue weighted by molar-refractivity contribution is 5.47. The van der Waals surface area contributed by atoms with Crippen LogP contribution in [0.3, 0.4) is 0 Å². The summed E-state index contributed by atoms with van der Waals surface area (Å²) in [5, 5.41) is 0. The molecular weight excluding hydrogens is 202 g/mol. The van der Waals surface area contributed by atoms with Crippen molar-refractivity contribution in [2.45, 2.75) is 33.5 Å². The van der Waals surface area contributed by atoms with Gasteiger partial charge in [0.15, 0.2) is 0 Å². The molecule has 0 aliphatic carbocycles. The minimum absolute atomic E-state index is 0.228. The lowest BCUT2D eigenvalue weighted by Crippen LogP contribution is -2.15. The van der Waals surface area contributed by atoms with Gasteiger partial charge < -0.3 is 15.2 Å². The Kier molecular flexibility index (Phi) is 4.62. The first-order valence-corrected chi connectivity index (χ1v) is 5.58. The van der Waals surface area contributed by atoms with Crippen LogP contribution in [0.25, 0.3) is 0 Å². The maximum Gasteiger partial charge on any atom is 0.124 e. The van der Waals surface area contributed by atoms with Gasteiger partial charge in [0, 0.05) is 11.3 Å². The molecule has 1 atom stereocenters. The molecule has 0 spiro atoms. The first kappa shape index (κ1) is 12.8. The van der Waals surface area contributed by atoms with Crippen LogP contribution in [-0.2, 0) is 11.3 Å². The zero-order chi connectivity index (χ0) is 12.1. The van der Waals surface area contributed by atoms with E-state index in [0.29, 0.717) is 12.5 Å². The van der Waals surface area contributed by atoms with Crippen molar-refractivity contribution < 1.29 is 9.47 Å². The van der Waals surface area contributed by atoms with Gasteiger partial charge >= 0.3 is 0 Å². The minimum Gasteiger partial charge on any atom is -0.496 e. The molecule has 0 aliphatic rings. The number of ether oxygens (including phenoxy) is 2. The summed E-state index contributed by atoms with van der Waals surface area (Å²) >= 11 is 0. The van der Waals surface area contributed by atoms with E-state index in [4.69, 9.17) is 15.2 Å². The van der Waals surface area contributed by atoms with Crippen molar-refractivity contribution in [3.8, 4) is 5.75 Å². The van der Waals surface area contributed by atoms with Crippen LogP contribution >= 0.6 is 0 Å². The van der Waals surface area contributed by atoms with Crippen LogP contribution in [0, 0.1) is 5.92 Å². The third-order valence-electron chi connectivity index (χ3n) is 2.75. The average molecular weight is 223 g/mol. The van der Waals surface area contributed by atoms with E-state index in [-0.39, 0.29) is 6.10 Å². The molecule has 0 aliphatic heterocycles. The monoisotopic (exact) mass is 223 g/mol. The number of methoxy groups -OCH3 is 1. The molecule has 0 saturated heterocycles. The molecule has 1 unspecified atom stereocenters. The van der Waals surface area contributed by atoms with Crippen LogP contribution < -0.4 is 10.5 Å². The van der Waals surface area contributed by atoms with Gasteiger partial charge in [0.2, 0.25) is 0 Å². The number of rotatable bonds is 5. The van der Waals surface area contributed by atoms with Crippen molar-refractivity contribution in [1.29, 1.82) is 0 Å². The van der Waals surface area contributed by atoms with Gasteiger partial charge in [-0.05, 0) is 31.0 Å². The molecule has 0 fully saturated rings. The van der Waals surface area contributed by atoms with Crippen molar-refractivity contribution in [3.05, 3.63) is 23.8 Å². The van der Waals surface area contributed by atoms with Crippen LogP contribution in [-0.4, -0.2) is 13.2 Å². The van der Waals surface area contributed by atoms with Crippen LogP contribution in [0.4, 0.5) is 5.69 Å². The molecule has 1 rings (SSSR count). The standard InChI is InChI=1S/C13H21NO2/c1-9(2)10(3)16-8-11-7-12(14)5-6-13(11)15-4/h5-7,9-10H,8,14H2,1-4H3. The molecule has 0 radical (unpaired) electrons. The van der Waals surface area contributed by atoms with Crippen molar-refractivity contribution in [3.63, 3.8) is 0 Å². The molecule has 0 aromatic heterocycles. The highest BCUT2D eigenvalue weighted by atomic mass is 16.5. The highest BCUT2D eigenvalue weighted by Crippen LogP contribution is 2.22. The van der Waals surface area contributed by atoms with Crippen LogP contribution in [0.2, 0.25) is 0 Å². The van der Waals surface area contributed by atoms with Gasteiger partial charge in [-0.2, -0.15) is 0 Å². The normalized spacial score (nSPS) is 12.8. The second kappa shape index (κ2) is 5.75. The van der Waals surface area contributed by atoms with Crippen molar-refractivity contribution in [1.82, 2.24) is 0 Å². The third kappa shape index (κ3) is 3.42. The van der Waals surface area contributed by atoms with Crippen LogP contribution in [0.1, 0.15) is 26.3 Å². The van der Waals surface area contributed by atoms with E-state index in [0.717, 1.165) is 17.0 Å². The molecule has 0 saturated carbocycles. The van der Waals surface area contributed by atoms with Gasteiger partial charge in [-0.25, -0.2) is 0 Å². The van der Waals surface area contributed by atoms with Crippen molar-refractivity contribution >= 4 is 5.69 Å². The molecule has 2 N–H and O–H groups in total. The fraction of sp³-hybridized carbons (Fsp3) is 0.538. The largest absolute Gasteiger partial charge is 0.496 e. The van der Waals surface area contributed by atoms with Crippen molar-refractivity contribution in [2.75, 3.05) is 12.8 Å². The summed E-state index contributed by atoms with van der Waals surface area (Å²) in [6.45, 7) is 6.89. The van der Waals surface area contributed by atoms with E-state index < -0.39 is 0 Å². The van der Waals surface area contributed by atoms with Gasteiger partial charge in [0.25, 0.3) is 0 Å². The lowest BCUT2D eigenvalue weighted by Gasteiger charge is -2.17. The first-order valence-electron chi connectivity index (χ1n) is 5.58.